The summed E-state index contributed by atoms with van der Waals surface area (Å²) in [6.45, 7) is 22.4. The van der Waals surface area contributed by atoms with Crippen LogP contribution in [-0.2, 0) is 36.8 Å². The first-order chi connectivity index (χ1) is 40.2. The van der Waals surface area contributed by atoms with Gasteiger partial charge in [-0.15, -0.1) is 0 Å². The van der Waals surface area contributed by atoms with Crippen molar-refractivity contribution in [3.63, 3.8) is 0 Å². The van der Waals surface area contributed by atoms with Crippen LogP contribution >= 0.6 is 31.9 Å². The number of anilines is 2. The number of aliphatic carboxylic acids is 1. The minimum absolute atomic E-state index is 0.0947. The summed E-state index contributed by atoms with van der Waals surface area (Å²) in [5.41, 5.74) is 17.6. The van der Waals surface area contributed by atoms with E-state index < -0.39 is 18.1 Å². The number of carboxylic acid groups (broad SMARTS) is 1. The van der Waals surface area contributed by atoms with Crippen molar-refractivity contribution in [3.05, 3.63) is 174 Å². The fraction of sp³-hybridized carbons (Fsp3) is 0.382. The third-order valence-electron chi connectivity index (χ3n) is 16.5. The molecule has 2 amide bonds. The summed E-state index contributed by atoms with van der Waals surface area (Å²) in [6, 6.07) is 30.5. The number of hydrogen-bond acceptors (Lipinski definition) is 9. The van der Waals surface area contributed by atoms with Gasteiger partial charge in [0.05, 0.1) is 18.0 Å². The molecular formula is C68H78Br2N8O6. The molecule has 2 aliphatic heterocycles. The summed E-state index contributed by atoms with van der Waals surface area (Å²) in [6.07, 6.45) is 9.39. The van der Waals surface area contributed by atoms with E-state index in [1.54, 1.807) is 6.92 Å². The molecule has 4 aromatic carbocycles. The van der Waals surface area contributed by atoms with Gasteiger partial charge in [0, 0.05) is 107 Å². The Hall–Kier alpha value is -7.30. The van der Waals surface area contributed by atoms with E-state index in [0.717, 1.165) is 100 Å². The first kappa shape index (κ1) is 61.3. The van der Waals surface area contributed by atoms with E-state index in [9.17, 15) is 24.3 Å². The zero-order valence-corrected chi connectivity index (χ0v) is 53.0. The van der Waals surface area contributed by atoms with E-state index in [1.165, 1.54) is 61.2 Å². The lowest BCUT2D eigenvalue weighted by Gasteiger charge is -2.34. The van der Waals surface area contributed by atoms with Crippen molar-refractivity contribution in [3.8, 4) is 11.4 Å². The number of aromatic nitrogens is 4. The number of piperidine rings is 2. The van der Waals surface area contributed by atoms with E-state index >= 15 is 0 Å². The van der Waals surface area contributed by atoms with Crippen LogP contribution in [0.5, 0.6) is 0 Å². The number of rotatable bonds is 17. The zero-order chi connectivity index (χ0) is 59.9. The van der Waals surface area contributed by atoms with Gasteiger partial charge in [-0.05, 0) is 181 Å². The van der Waals surface area contributed by atoms with Crippen molar-refractivity contribution >= 4 is 89.1 Å². The minimum Gasteiger partial charge on any atom is -0.480 e. The quantitative estimate of drug-likeness (QED) is 0.0748. The summed E-state index contributed by atoms with van der Waals surface area (Å²) in [5.74, 6) is -1.21. The highest BCUT2D eigenvalue weighted by atomic mass is 79.9. The van der Waals surface area contributed by atoms with Crippen molar-refractivity contribution in [2.24, 2.45) is 11.8 Å². The number of halogens is 2. The van der Waals surface area contributed by atoms with Gasteiger partial charge in [-0.25, -0.2) is 19.6 Å². The third kappa shape index (κ3) is 14.4. The molecule has 16 heteroatoms. The highest BCUT2D eigenvalue weighted by Crippen LogP contribution is 2.39. The van der Waals surface area contributed by atoms with Crippen LogP contribution in [0.2, 0.25) is 0 Å². The monoisotopic (exact) mass is 1260 g/mol. The topological polar surface area (TPSA) is 164 Å². The molecule has 0 spiro atoms. The molecule has 2 fully saturated rings. The van der Waals surface area contributed by atoms with Crippen LogP contribution in [0.4, 0.5) is 11.4 Å². The van der Waals surface area contributed by atoms with Crippen molar-refractivity contribution < 1.29 is 29.0 Å². The number of hydrogen-bond donors (Lipinski definition) is 3. The lowest BCUT2D eigenvalue weighted by Crippen LogP contribution is -2.44. The van der Waals surface area contributed by atoms with Crippen LogP contribution in [0.3, 0.4) is 0 Å². The molecule has 2 aliphatic rings. The van der Waals surface area contributed by atoms with Gasteiger partial charge >= 0.3 is 11.9 Å². The number of carboxylic acids is 1. The predicted molar refractivity (Wildman–Crippen MR) is 343 cm³/mol. The summed E-state index contributed by atoms with van der Waals surface area (Å²) >= 11 is 7.25. The first-order valence-electron chi connectivity index (χ1n) is 29.3. The number of aryl methyl sites for hydroxylation is 8. The van der Waals surface area contributed by atoms with Crippen LogP contribution in [0.15, 0.2) is 118 Å². The van der Waals surface area contributed by atoms with Crippen LogP contribution in [0.1, 0.15) is 101 Å². The second kappa shape index (κ2) is 27.2. The SMILES string of the molecule is CCOC(=O)[C@H](Cc1ccccc1)NC(=O)CC1CCN(c2cc(C)nc3c2c(C)cn3-c2c(C)cc(Br)cc2C)CC1.Cc1cc(N2CCC(CC(=O)N[C@@H](Cc3ccccc3)C(=O)O)CC2)c2c(C)cn(-c3c(C)cc(Br)cc3C)c2n1. The molecule has 440 valence electrons. The molecular weight excluding hydrogens is 1180 g/mol. The molecule has 0 aliphatic carbocycles. The first-order valence-corrected chi connectivity index (χ1v) is 30.9. The van der Waals surface area contributed by atoms with Gasteiger partial charge in [-0.1, -0.05) is 92.5 Å². The van der Waals surface area contributed by atoms with E-state index in [2.05, 4.69) is 159 Å². The molecule has 2 saturated heterocycles. The second-order valence-corrected chi connectivity index (χ2v) is 24.9. The average molecular weight is 1260 g/mol. The molecule has 0 unspecified atom stereocenters. The number of esters is 1. The molecule has 0 saturated carbocycles. The molecule has 8 aromatic rings. The van der Waals surface area contributed by atoms with E-state index in [1.807, 2.05) is 67.6 Å². The fourth-order valence-corrected chi connectivity index (χ4v) is 13.9. The number of ether oxygens (including phenoxy) is 1. The Bertz CT molecular complexity index is 3650. The molecule has 14 nitrogen and oxygen atoms in total. The lowest BCUT2D eigenvalue weighted by atomic mass is 9.92. The minimum atomic E-state index is -1.01. The smallest absolute Gasteiger partial charge is 0.328 e. The summed E-state index contributed by atoms with van der Waals surface area (Å²) in [4.78, 5) is 65.2. The van der Waals surface area contributed by atoms with Gasteiger partial charge < -0.3 is 39.4 Å². The summed E-state index contributed by atoms with van der Waals surface area (Å²) < 4.78 is 11.9. The fourth-order valence-electron chi connectivity index (χ4n) is 12.6. The highest BCUT2D eigenvalue weighted by Gasteiger charge is 2.30. The Morgan fingerprint density at radius 2 is 0.929 bits per heavy atom. The number of nitrogens with zero attached hydrogens (tertiary/aromatic N) is 6. The van der Waals surface area contributed by atoms with E-state index in [4.69, 9.17) is 14.7 Å². The van der Waals surface area contributed by atoms with E-state index in [0.29, 0.717) is 19.3 Å². The molecule has 0 radical (unpaired) electrons. The average Bonchev–Trinajstić information content (AvgIpc) is 1.91. The Balaban J connectivity index is 0.000000202. The van der Waals surface area contributed by atoms with Crippen LogP contribution in [0, 0.1) is 67.2 Å². The molecule has 84 heavy (non-hydrogen) atoms. The second-order valence-electron chi connectivity index (χ2n) is 23.1. The molecule has 2 atom stereocenters. The zero-order valence-electron chi connectivity index (χ0n) is 49.8. The Labute approximate surface area is 510 Å². The van der Waals surface area contributed by atoms with Crippen LogP contribution in [0.25, 0.3) is 33.4 Å². The van der Waals surface area contributed by atoms with Crippen molar-refractivity contribution in [1.82, 2.24) is 29.7 Å². The molecule has 10 rings (SSSR count). The number of fused-ring (bicyclic) bond motifs is 2. The number of pyridine rings is 2. The van der Waals surface area contributed by atoms with E-state index in [-0.39, 0.29) is 42.6 Å². The number of benzene rings is 4. The number of amides is 2. The Kier molecular flexibility index (Phi) is 19.8. The number of nitrogens with one attached hydrogen (secondary N) is 2. The Morgan fingerprint density at radius 1 is 0.560 bits per heavy atom. The largest absolute Gasteiger partial charge is 0.480 e. The standard InChI is InChI=1S/C35H41BrN4O3.C33H37BrN4O3/c1-6-43-35(42)29(19-26-10-8-7-9-11-26)38-31(41)20-27-12-14-39(15-13-27)30-18-25(5)37-34-32(30)24(4)21-40(34)33-22(2)16-28(36)17-23(33)3;1-20-14-26(34)15-21(2)31(20)38-19-22(3)30-28(16-23(4)35-32(30)38)37-12-10-25(11-13-37)18-29(39)36-27(33(40)41)17-24-8-6-5-7-9-24/h7-11,16-18,21,27,29H,6,12-15,19-20H2,1-5H3,(H,38,41);5-9,14-16,19,25,27H,10-13,17-18H2,1-4H3,(H,36,39)(H,40,41)/t29-;27-/m00/s1. The van der Waals surface area contributed by atoms with Crippen molar-refractivity contribution in [2.75, 3.05) is 42.6 Å². The van der Waals surface area contributed by atoms with Gasteiger partial charge in [0.1, 0.15) is 23.4 Å². The predicted octanol–water partition coefficient (Wildman–Crippen LogP) is 13.4. The number of carbonyl (C=O) groups is 4. The van der Waals surface area contributed by atoms with Gasteiger partial charge in [0.15, 0.2) is 0 Å². The highest BCUT2D eigenvalue weighted by molar-refractivity contribution is 9.10. The Morgan fingerprint density at radius 3 is 1.30 bits per heavy atom. The van der Waals surface area contributed by atoms with Crippen LogP contribution < -0.4 is 20.4 Å². The molecule has 3 N–H and O–H groups in total. The maximum atomic E-state index is 13.1. The van der Waals surface area contributed by atoms with Gasteiger partial charge in [-0.3, -0.25) is 9.59 Å². The number of carbonyl (C=O) groups excluding carboxylic acids is 3. The third-order valence-corrected chi connectivity index (χ3v) is 17.4. The van der Waals surface area contributed by atoms with Gasteiger partial charge in [-0.2, -0.15) is 0 Å². The lowest BCUT2D eigenvalue weighted by molar-refractivity contribution is -0.147. The molecule has 0 bridgehead atoms. The molecule has 4 aromatic heterocycles. The summed E-state index contributed by atoms with van der Waals surface area (Å²) in [7, 11) is 0. The molecule has 6 heterocycles. The van der Waals surface area contributed by atoms with Gasteiger partial charge in [0.2, 0.25) is 11.8 Å². The van der Waals surface area contributed by atoms with Crippen molar-refractivity contribution in [2.45, 2.75) is 126 Å². The maximum Gasteiger partial charge on any atom is 0.328 e. The van der Waals surface area contributed by atoms with Crippen molar-refractivity contribution in [1.29, 1.82) is 0 Å². The van der Waals surface area contributed by atoms with Crippen LogP contribution in [-0.4, -0.2) is 92.8 Å². The maximum absolute atomic E-state index is 13.1. The van der Waals surface area contributed by atoms with Gasteiger partial charge in [0.25, 0.3) is 0 Å². The summed E-state index contributed by atoms with van der Waals surface area (Å²) in [5, 5.41) is 17.7. The normalized spacial score (nSPS) is 14.7.